The summed E-state index contributed by atoms with van der Waals surface area (Å²) < 4.78 is 0. The van der Waals surface area contributed by atoms with Crippen LogP contribution in [0, 0.1) is 0 Å². The molecule has 2 heteroatoms. The van der Waals surface area contributed by atoms with Gasteiger partial charge in [-0.25, -0.2) is 0 Å². The molecule has 0 aliphatic rings. The van der Waals surface area contributed by atoms with Crippen LogP contribution in [0.2, 0.25) is 0 Å². The predicted octanol–water partition coefficient (Wildman–Crippen LogP) is 4.80. The SMILES string of the molecule is CCCCCC/C=C\CCCC(=O)CCC(C)(C)O. The van der Waals surface area contributed by atoms with Gasteiger partial charge in [-0.2, -0.15) is 0 Å². The smallest absolute Gasteiger partial charge is 0.133 e. The predicted molar refractivity (Wildman–Crippen MR) is 82.3 cm³/mol. The molecule has 19 heavy (non-hydrogen) atoms. The summed E-state index contributed by atoms with van der Waals surface area (Å²) in [6.45, 7) is 5.73. The van der Waals surface area contributed by atoms with Gasteiger partial charge in [-0.1, -0.05) is 38.3 Å². The molecule has 0 fully saturated rings. The number of aliphatic hydroxyl groups is 1. The minimum Gasteiger partial charge on any atom is -0.390 e. The molecule has 0 amide bonds. The van der Waals surface area contributed by atoms with Gasteiger partial charge in [0.05, 0.1) is 5.60 Å². The van der Waals surface area contributed by atoms with Crippen molar-refractivity contribution in [2.75, 3.05) is 0 Å². The lowest BCUT2D eigenvalue weighted by Crippen LogP contribution is -2.19. The fraction of sp³-hybridized carbons (Fsp3) is 0.824. The summed E-state index contributed by atoms with van der Waals surface area (Å²) in [6, 6.07) is 0. The molecule has 0 atom stereocenters. The van der Waals surface area contributed by atoms with Gasteiger partial charge in [-0.05, 0) is 46.0 Å². The molecule has 0 radical (unpaired) electrons. The summed E-state index contributed by atoms with van der Waals surface area (Å²) in [7, 11) is 0. The second-order valence-corrected chi connectivity index (χ2v) is 6.06. The number of ketones is 1. The second-order valence-electron chi connectivity index (χ2n) is 6.06. The number of hydrogen-bond acceptors (Lipinski definition) is 2. The van der Waals surface area contributed by atoms with E-state index in [9.17, 15) is 9.90 Å². The Balaban J connectivity index is 3.38. The Morgan fingerprint density at radius 3 is 2.21 bits per heavy atom. The highest BCUT2D eigenvalue weighted by Gasteiger charge is 2.14. The third-order valence-corrected chi connectivity index (χ3v) is 3.23. The summed E-state index contributed by atoms with van der Waals surface area (Å²) in [5, 5.41) is 9.53. The second kappa shape index (κ2) is 11.2. The summed E-state index contributed by atoms with van der Waals surface area (Å²) in [4.78, 5) is 11.6. The lowest BCUT2D eigenvalue weighted by atomic mass is 9.99. The minimum atomic E-state index is -0.714. The van der Waals surface area contributed by atoms with Crippen molar-refractivity contribution in [3.8, 4) is 0 Å². The molecule has 0 bridgehead atoms. The molecule has 0 saturated carbocycles. The zero-order valence-electron chi connectivity index (χ0n) is 13.1. The molecule has 0 unspecified atom stereocenters. The van der Waals surface area contributed by atoms with Gasteiger partial charge in [0.15, 0.2) is 0 Å². The first kappa shape index (κ1) is 18.4. The van der Waals surface area contributed by atoms with Crippen LogP contribution >= 0.6 is 0 Å². The molecule has 0 saturated heterocycles. The maximum absolute atomic E-state index is 11.6. The highest BCUT2D eigenvalue weighted by molar-refractivity contribution is 5.78. The third-order valence-electron chi connectivity index (χ3n) is 3.23. The van der Waals surface area contributed by atoms with Crippen molar-refractivity contribution < 1.29 is 9.90 Å². The van der Waals surface area contributed by atoms with Gasteiger partial charge < -0.3 is 5.11 Å². The molecule has 0 heterocycles. The Kier molecular flexibility index (Phi) is 10.8. The van der Waals surface area contributed by atoms with Gasteiger partial charge in [0.2, 0.25) is 0 Å². The fourth-order valence-corrected chi connectivity index (χ4v) is 1.91. The van der Waals surface area contributed by atoms with Crippen LogP contribution in [0.1, 0.15) is 85.0 Å². The Labute approximate surface area is 119 Å². The average Bonchev–Trinajstić information content (AvgIpc) is 2.33. The summed E-state index contributed by atoms with van der Waals surface area (Å²) in [6.07, 6.45) is 14.5. The number of allylic oxidation sites excluding steroid dienone is 2. The molecule has 112 valence electrons. The monoisotopic (exact) mass is 268 g/mol. The van der Waals surface area contributed by atoms with Crippen molar-refractivity contribution in [3.63, 3.8) is 0 Å². The van der Waals surface area contributed by atoms with Gasteiger partial charge in [-0.15, -0.1) is 0 Å². The maximum Gasteiger partial charge on any atom is 0.133 e. The number of Topliss-reactive ketones (excluding diaryl/α,β-unsaturated/α-hetero) is 1. The van der Waals surface area contributed by atoms with E-state index in [2.05, 4.69) is 19.1 Å². The highest BCUT2D eigenvalue weighted by atomic mass is 16.3. The van der Waals surface area contributed by atoms with E-state index in [1.54, 1.807) is 13.8 Å². The number of hydrogen-bond donors (Lipinski definition) is 1. The molecule has 0 aromatic heterocycles. The maximum atomic E-state index is 11.6. The van der Waals surface area contributed by atoms with E-state index in [0.717, 1.165) is 12.8 Å². The minimum absolute atomic E-state index is 0.276. The van der Waals surface area contributed by atoms with Crippen LogP contribution in [0.25, 0.3) is 0 Å². The van der Waals surface area contributed by atoms with Crippen LogP contribution in [0.4, 0.5) is 0 Å². The lowest BCUT2D eigenvalue weighted by molar-refractivity contribution is -0.120. The first-order valence-electron chi connectivity index (χ1n) is 7.85. The zero-order valence-corrected chi connectivity index (χ0v) is 13.1. The van der Waals surface area contributed by atoms with Crippen molar-refractivity contribution in [3.05, 3.63) is 12.2 Å². The van der Waals surface area contributed by atoms with Crippen molar-refractivity contribution in [2.45, 2.75) is 90.6 Å². The van der Waals surface area contributed by atoms with E-state index in [1.807, 2.05) is 0 Å². The summed E-state index contributed by atoms with van der Waals surface area (Å²) >= 11 is 0. The fourth-order valence-electron chi connectivity index (χ4n) is 1.91. The highest BCUT2D eigenvalue weighted by Crippen LogP contribution is 2.12. The molecule has 0 aromatic carbocycles. The standard InChI is InChI=1S/C17H32O2/c1-4-5-6-7-8-9-10-11-12-13-16(18)14-15-17(2,3)19/h9-10,19H,4-8,11-15H2,1-3H3/b10-9-. The Morgan fingerprint density at radius 2 is 1.63 bits per heavy atom. The van der Waals surface area contributed by atoms with Gasteiger partial charge >= 0.3 is 0 Å². The molecule has 0 spiro atoms. The first-order chi connectivity index (χ1) is 8.95. The van der Waals surface area contributed by atoms with Gasteiger partial charge in [0.1, 0.15) is 5.78 Å². The van der Waals surface area contributed by atoms with E-state index in [0.29, 0.717) is 19.3 Å². The van der Waals surface area contributed by atoms with E-state index in [1.165, 1.54) is 32.1 Å². The van der Waals surface area contributed by atoms with Gasteiger partial charge in [-0.3, -0.25) is 4.79 Å². The summed E-state index contributed by atoms with van der Waals surface area (Å²) in [5.41, 5.74) is -0.714. The van der Waals surface area contributed by atoms with E-state index in [-0.39, 0.29) is 5.78 Å². The third kappa shape index (κ3) is 15.3. The lowest BCUT2D eigenvalue weighted by Gasteiger charge is -2.15. The van der Waals surface area contributed by atoms with Crippen molar-refractivity contribution in [1.29, 1.82) is 0 Å². The zero-order chi connectivity index (χ0) is 14.6. The molecule has 0 aromatic rings. The van der Waals surface area contributed by atoms with Crippen molar-refractivity contribution >= 4 is 5.78 Å². The first-order valence-corrected chi connectivity index (χ1v) is 7.85. The van der Waals surface area contributed by atoms with Crippen LogP contribution in [0.15, 0.2) is 12.2 Å². The number of carbonyl (C=O) groups excluding carboxylic acids is 1. The van der Waals surface area contributed by atoms with E-state index >= 15 is 0 Å². The Bertz CT molecular complexity index is 248. The van der Waals surface area contributed by atoms with Gasteiger partial charge in [0.25, 0.3) is 0 Å². The van der Waals surface area contributed by atoms with Crippen molar-refractivity contribution in [1.82, 2.24) is 0 Å². The molecular formula is C17H32O2. The average molecular weight is 268 g/mol. The molecule has 0 aliphatic carbocycles. The number of rotatable bonds is 12. The van der Waals surface area contributed by atoms with Crippen LogP contribution in [-0.4, -0.2) is 16.5 Å². The molecule has 0 rings (SSSR count). The van der Waals surface area contributed by atoms with E-state index in [4.69, 9.17) is 0 Å². The number of carbonyl (C=O) groups is 1. The Morgan fingerprint density at radius 1 is 1.00 bits per heavy atom. The Hall–Kier alpha value is -0.630. The molecule has 1 N–H and O–H groups in total. The molecular weight excluding hydrogens is 236 g/mol. The largest absolute Gasteiger partial charge is 0.390 e. The van der Waals surface area contributed by atoms with Crippen LogP contribution in [-0.2, 0) is 4.79 Å². The quantitative estimate of drug-likeness (QED) is 0.407. The number of unbranched alkanes of at least 4 members (excludes halogenated alkanes) is 5. The molecule has 0 aliphatic heterocycles. The van der Waals surface area contributed by atoms with Gasteiger partial charge in [0, 0.05) is 12.8 Å². The van der Waals surface area contributed by atoms with Crippen LogP contribution < -0.4 is 0 Å². The molecule has 2 nitrogen and oxygen atoms in total. The van der Waals surface area contributed by atoms with Crippen LogP contribution in [0.5, 0.6) is 0 Å². The van der Waals surface area contributed by atoms with Crippen LogP contribution in [0.3, 0.4) is 0 Å². The normalized spacial score (nSPS) is 12.2. The van der Waals surface area contributed by atoms with Crippen molar-refractivity contribution in [2.24, 2.45) is 0 Å². The summed E-state index contributed by atoms with van der Waals surface area (Å²) in [5.74, 6) is 0.276. The topological polar surface area (TPSA) is 37.3 Å². The van der Waals surface area contributed by atoms with E-state index < -0.39 is 5.60 Å².